The van der Waals surface area contributed by atoms with Gasteiger partial charge in [-0.2, -0.15) is 0 Å². The quantitative estimate of drug-likeness (QED) is 0.0476. The Morgan fingerprint density at radius 2 is 1.08 bits per heavy atom. The molecule has 50 heavy (non-hydrogen) atoms. The van der Waals surface area contributed by atoms with Crippen molar-refractivity contribution >= 4 is 28.8 Å². The topological polar surface area (TPSA) is 72.9 Å². The third-order valence-electron chi connectivity index (χ3n) is 10.0. The van der Waals surface area contributed by atoms with Crippen molar-refractivity contribution in [2.45, 2.75) is 215 Å². The number of hydrogen-bond donors (Lipinski definition) is 0. The molecule has 0 aliphatic heterocycles. The van der Waals surface area contributed by atoms with Gasteiger partial charge in [-0.15, -0.1) is 0 Å². The lowest BCUT2D eigenvalue weighted by Gasteiger charge is -2.23. The van der Waals surface area contributed by atoms with Crippen LogP contribution in [0.5, 0.6) is 0 Å². The van der Waals surface area contributed by atoms with Gasteiger partial charge in [0.1, 0.15) is 6.10 Å². The number of unbranched alkanes of at least 4 members (excludes halogenated alkanes) is 16. The Labute approximate surface area is 315 Å². The third kappa shape index (κ3) is 28.5. The van der Waals surface area contributed by atoms with Crippen LogP contribution in [0.4, 0.5) is 0 Å². The van der Waals surface area contributed by atoms with Crippen LogP contribution in [-0.4, -0.2) is 61.1 Å². The molecule has 0 radical (unpaired) electrons. The molecule has 7 heteroatoms. The smallest absolute Gasteiger partial charge is 0.311 e. The Morgan fingerprint density at radius 1 is 0.600 bits per heavy atom. The Hall–Kier alpha value is -1.08. The monoisotopic (exact) mass is 726 g/mol. The molecule has 296 valence electrons. The van der Waals surface area contributed by atoms with Crippen LogP contribution in [0.25, 0.3) is 0 Å². The second-order valence-electron chi connectivity index (χ2n) is 16.5. The Balaban J connectivity index is 4.51. The van der Waals surface area contributed by atoms with Crippen molar-refractivity contribution in [3.05, 3.63) is 0 Å². The van der Waals surface area contributed by atoms with Gasteiger partial charge in [0.2, 0.25) is 0 Å². The molecule has 0 saturated heterocycles. The number of esters is 2. The fourth-order valence-corrected chi connectivity index (χ4v) is 7.35. The first-order valence-corrected chi connectivity index (χ1v) is 22.0. The summed E-state index contributed by atoms with van der Waals surface area (Å²) >= 11 is 1.53. The second kappa shape index (κ2) is 31.4. The van der Waals surface area contributed by atoms with Gasteiger partial charge in [0.25, 0.3) is 0 Å². The van der Waals surface area contributed by atoms with Gasteiger partial charge < -0.3 is 14.4 Å². The molecule has 0 aromatic carbocycles. The summed E-state index contributed by atoms with van der Waals surface area (Å²) in [5, 5.41) is 0.331. The number of hydrogen-bond acceptors (Lipinski definition) is 7. The molecule has 0 spiro atoms. The fraction of sp³-hybridized carbons (Fsp3) is 0.930. The van der Waals surface area contributed by atoms with E-state index in [0.29, 0.717) is 18.1 Å². The van der Waals surface area contributed by atoms with E-state index in [4.69, 9.17) is 9.47 Å². The van der Waals surface area contributed by atoms with Gasteiger partial charge in [-0.3, -0.25) is 14.4 Å². The molecular weight excluding hydrogens is 643 g/mol. The summed E-state index contributed by atoms with van der Waals surface area (Å²) in [5.41, 5.74) is -0.765. The second-order valence-corrected chi connectivity index (χ2v) is 17.6. The molecule has 1 unspecified atom stereocenters. The van der Waals surface area contributed by atoms with E-state index in [-0.39, 0.29) is 23.5 Å². The van der Waals surface area contributed by atoms with Crippen molar-refractivity contribution < 1.29 is 23.9 Å². The molecule has 0 aliphatic rings. The van der Waals surface area contributed by atoms with Crippen molar-refractivity contribution in [1.82, 2.24) is 4.90 Å². The normalized spacial score (nSPS) is 12.7. The van der Waals surface area contributed by atoms with E-state index >= 15 is 0 Å². The molecule has 0 bridgehead atoms. The molecule has 0 rings (SSSR count). The van der Waals surface area contributed by atoms with E-state index in [1.165, 1.54) is 82.4 Å². The number of carbonyl (C=O) groups is 3. The van der Waals surface area contributed by atoms with Crippen LogP contribution < -0.4 is 0 Å². The van der Waals surface area contributed by atoms with Gasteiger partial charge >= 0.3 is 11.9 Å². The first-order chi connectivity index (χ1) is 23.9. The van der Waals surface area contributed by atoms with Crippen LogP contribution in [0.3, 0.4) is 0 Å². The van der Waals surface area contributed by atoms with E-state index in [9.17, 15) is 14.4 Å². The van der Waals surface area contributed by atoms with Gasteiger partial charge in [0, 0.05) is 17.6 Å². The van der Waals surface area contributed by atoms with Crippen molar-refractivity contribution in [2.24, 2.45) is 10.8 Å². The predicted octanol–water partition coefficient (Wildman–Crippen LogP) is 12.5. The molecule has 1 atom stereocenters. The Kier molecular flexibility index (Phi) is 30.8. The largest absolute Gasteiger partial charge is 0.465 e. The highest BCUT2D eigenvalue weighted by Crippen LogP contribution is 2.31. The van der Waals surface area contributed by atoms with Crippen LogP contribution in [0.2, 0.25) is 0 Å². The Bertz CT molecular complexity index is 789. The summed E-state index contributed by atoms with van der Waals surface area (Å²) in [6.45, 7) is 14.1. The maximum atomic E-state index is 12.9. The SMILES string of the molecule is CCCCCCCCCOC(=O)C(C)(C)CCCCCC(CCCCCC(C)(C)C(=O)SCCCCCCCCC)OC(=O)CCCN(C)C. The average molecular weight is 726 g/mol. The van der Waals surface area contributed by atoms with Crippen molar-refractivity contribution in [1.29, 1.82) is 0 Å². The molecular formula is C43H83NO5S. The highest BCUT2D eigenvalue weighted by atomic mass is 32.2. The number of rotatable bonds is 35. The van der Waals surface area contributed by atoms with Gasteiger partial charge in [-0.1, -0.05) is 142 Å². The molecule has 0 aromatic rings. The van der Waals surface area contributed by atoms with Gasteiger partial charge in [0.15, 0.2) is 5.12 Å². The highest BCUT2D eigenvalue weighted by Gasteiger charge is 2.29. The molecule has 0 heterocycles. The van der Waals surface area contributed by atoms with Crippen LogP contribution in [-0.2, 0) is 23.9 Å². The van der Waals surface area contributed by atoms with Crippen LogP contribution in [0.15, 0.2) is 0 Å². The Morgan fingerprint density at radius 3 is 1.62 bits per heavy atom. The minimum atomic E-state index is -0.471. The summed E-state index contributed by atoms with van der Waals surface area (Å²) < 4.78 is 11.6. The number of ether oxygens (including phenoxy) is 2. The van der Waals surface area contributed by atoms with Crippen molar-refractivity contribution in [2.75, 3.05) is 33.0 Å². The van der Waals surface area contributed by atoms with E-state index < -0.39 is 5.41 Å². The minimum Gasteiger partial charge on any atom is -0.465 e. The van der Waals surface area contributed by atoms with Crippen LogP contribution in [0.1, 0.15) is 208 Å². The highest BCUT2D eigenvalue weighted by molar-refractivity contribution is 8.13. The zero-order valence-corrected chi connectivity index (χ0v) is 35.3. The molecule has 0 amide bonds. The number of thioether (sulfide) groups is 1. The zero-order chi connectivity index (χ0) is 37.5. The van der Waals surface area contributed by atoms with Gasteiger partial charge in [-0.25, -0.2) is 0 Å². The summed E-state index contributed by atoms with van der Waals surface area (Å²) in [5.74, 6) is 0.773. The lowest BCUT2D eigenvalue weighted by atomic mass is 9.86. The summed E-state index contributed by atoms with van der Waals surface area (Å²) in [4.78, 5) is 40.4. The first kappa shape index (κ1) is 48.9. The minimum absolute atomic E-state index is 0.0611. The van der Waals surface area contributed by atoms with E-state index in [2.05, 4.69) is 32.6 Å². The van der Waals surface area contributed by atoms with Crippen molar-refractivity contribution in [3.8, 4) is 0 Å². The first-order valence-electron chi connectivity index (χ1n) is 21.0. The summed E-state index contributed by atoms with van der Waals surface area (Å²) in [7, 11) is 4.05. The van der Waals surface area contributed by atoms with Crippen LogP contribution in [0, 0.1) is 10.8 Å². The number of nitrogens with zero attached hydrogens (tertiary/aromatic N) is 1. The van der Waals surface area contributed by atoms with E-state index in [1.807, 2.05) is 27.9 Å². The van der Waals surface area contributed by atoms with Crippen LogP contribution >= 0.6 is 11.8 Å². The third-order valence-corrected chi connectivity index (χ3v) is 11.3. The standard InChI is InChI=1S/C43H83NO5S/c1-9-11-13-15-17-19-27-36-48-40(46)42(3,4)33-25-21-23-30-38(49-39(45)32-29-35-44(7)8)31-24-22-26-34-43(5,6)41(47)50-37-28-20-18-16-14-12-10-2/h38H,9-37H2,1-8H3. The zero-order valence-electron chi connectivity index (χ0n) is 34.5. The van der Waals surface area contributed by atoms with Gasteiger partial charge in [-0.05, 0) is 92.3 Å². The molecule has 0 aromatic heterocycles. The van der Waals surface area contributed by atoms with E-state index in [0.717, 1.165) is 102 Å². The molecule has 0 N–H and O–H groups in total. The predicted molar refractivity (Wildman–Crippen MR) is 216 cm³/mol. The molecule has 0 fully saturated rings. The maximum absolute atomic E-state index is 12.9. The average Bonchev–Trinajstić information content (AvgIpc) is 3.06. The lowest BCUT2D eigenvalue weighted by Crippen LogP contribution is -2.27. The van der Waals surface area contributed by atoms with Crippen molar-refractivity contribution in [3.63, 3.8) is 0 Å². The van der Waals surface area contributed by atoms with Gasteiger partial charge in [0.05, 0.1) is 12.0 Å². The molecule has 0 aliphatic carbocycles. The summed E-state index contributed by atoms with van der Waals surface area (Å²) in [6, 6.07) is 0. The molecule has 0 saturated carbocycles. The molecule has 6 nitrogen and oxygen atoms in total. The lowest BCUT2D eigenvalue weighted by molar-refractivity contribution is -0.154. The fourth-order valence-electron chi connectivity index (χ4n) is 6.32. The number of carbonyl (C=O) groups excluding carboxylic acids is 3. The summed E-state index contributed by atoms with van der Waals surface area (Å²) in [6.07, 6.45) is 28.1. The van der Waals surface area contributed by atoms with E-state index in [1.54, 1.807) is 0 Å². The maximum Gasteiger partial charge on any atom is 0.311 e.